The summed E-state index contributed by atoms with van der Waals surface area (Å²) in [6.07, 6.45) is 0.397. The highest BCUT2D eigenvalue weighted by Gasteiger charge is 2.09. The number of aliphatic hydroxyl groups is 1. The zero-order valence-electron chi connectivity index (χ0n) is 10.1. The van der Waals surface area contributed by atoms with Gasteiger partial charge in [0.25, 0.3) is 0 Å². The number of benzene rings is 1. The molecule has 0 bridgehead atoms. The van der Waals surface area contributed by atoms with Gasteiger partial charge < -0.3 is 5.11 Å². The fourth-order valence-corrected chi connectivity index (χ4v) is 4.01. The summed E-state index contributed by atoms with van der Waals surface area (Å²) in [5, 5.41) is 9.56. The van der Waals surface area contributed by atoms with Gasteiger partial charge in [-0.1, -0.05) is 40.7 Å². The number of hydrogen-bond acceptors (Lipinski definition) is 5. The quantitative estimate of drug-likeness (QED) is 0.907. The molecule has 1 atom stereocenters. The molecule has 0 saturated carbocycles. The molecular weight excluding hydrogens is 332 g/mol. The van der Waals surface area contributed by atoms with Crippen molar-refractivity contribution in [2.75, 3.05) is 0 Å². The topological polar surface area (TPSA) is 46.0 Å². The van der Waals surface area contributed by atoms with E-state index in [0.717, 1.165) is 31.5 Å². The summed E-state index contributed by atoms with van der Waals surface area (Å²) in [7, 11) is 0. The molecule has 1 aromatic heterocycles. The maximum atomic E-state index is 9.56. The minimum absolute atomic E-state index is 0.466. The zero-order valence-corrected chi connectivity index (χ0v) is 13.3. The first-order valence-corrected chi connectivity index (χ1v) is 7.96. The summed E-state index contributed by atoms with van der Waals surface area (Å²) in [5.41, 5.74) is 0.894. The number of hydrogen-bond donors (Lipinski definition) is 1. The molecule has 6 heteroatoms. The van der Waals surface area contributed by atoms with Crippen LogP contribution in [0.3, 0.4) is 0 Å². The number of aliphatic hydroxyl groups excluding tert-OH is 1. The van der Waals surface area contributed by atoms with Gasteiger partial charge in [0.2, 0.25) is 0 Å². The second kappa shape index (κ2) is 6.14. The third kappa shape index (κ3) is 3.32. The Kier molecular flexibility index (Phi) is 4.77. The van der Waals surface area contributed by atoms with E-state index < -0.39 is 6.10 Å². The van der Waals surface area contributed by atoms with Crippen molar-refractivity contribution in [1.29, 1.82) is 0 Å². The Morgan fingerprint density at radius 3 is 2.83 bits per heavy atom. The molecule has 0 aliphatic heterocycles. The molecule has 96 valence electrons. The molecule has 1 heterocycles. The number of aromatic nitrogens is 2. The van der Waals surface area contributed by atoms with Crippen LogP contribution in [0.5, 0.6) is 0 Å². The normalized spacial score (nSPS) is 12.7. The molecule has 0 spiro atoms. The molecular formula is C12H13BrN2OS2. The van der Waals surface area contributed by atoms with Crippen LogP contribution < -0.4 is 0 Å². The predicted molar refractivity (Wildman–Crippen MR) is 78.2 cm³/mol. The first-order chi connectivity index (χ1) is 8.60. The SMILES string of the molecule is CCc1nsc(Sc2ccc([C@@H](C)O)c(Br)c2)n1. The lowest BCUT2D eigenvalue weighted by atomic mass is 10.1. The molecule has 0 aliphatic rings. The van der Waals surface area contributed by atoms with E-state index in [2.05, 4.69) is 25.3 Å². The van der Waals surface area contributed by atoms with Crippen molar-refractivity contribution in [3.8, 4) is 0 Å². The first-order valence-electron chi connectivity index (χ1n) is 5.58. The van der Waals surface area contributed by atoms with Gasteiger partial charge >= 0.3 is 0 Å². The van der Waals surface area contributed by atoms with Gasteiger partial charge in [0, 0.05) is 15.8 Å². The van der Waals surface area contributed by atoms with Gasteiger partial charge in [0.05, 0.1) is 6.10 Å². The largest absolute Gasteiger partial charge is 0.389 e. The predicted octanol–water partition coefficient (Wildman–Crippen LogP) is 4.07. The van der Waals surface area contributed by atoms with Crippen LogP contribution in [0.2, 0.25) is 0 Å². The summed E-state index contributed by atoms with van der Waals surface area (Å²) in [4.78, 5) is 5.50. The maximum Gasteiger partial charge on any atom is 0.174 e. The summed E-state index contributed by atoms with van der Waals surface area (Å²) >= 11 is 6.49. The second-order valence-electron chi connectivity index (χ2n) is 3.79. The van der Waals surface area contributed by atoms with Crippen molar-refractivity contribution in [2.45, 2.75) is 35.6 Å². The van der Waals surface area contributed by atoms with E-state index in [9.17, 15) is 5.11 Å². The summed E-state index contributed by atoms with van der Waals surface area (Å²) in [5.74, 6) is 0.891. The van der Waals surface area contributed by atoms with Crippen LogP contribution >= 0.6 is 39.2 Å². The Hall–Kier alpha value is -0.430. The maximum absolute atomic E-state index is 9.56. The Labute approximate surface area is 123 Å². The number of nitrogens with zero attached hydrogens (tertiary/aromatic N) is 2. The molecule has 3 nitrogen and oxygen atoms in total. The van der Waals surface area contributed by atoms with E-state index in [0.29, 0.717) is 0 Å². The van der Waals surface area contributed by atoms with Gasteiger partial charge in [-0.05, 0) is 36.2 Å². The van der Waals surface area contributed by atoms with E-state index in [1.54, 1.807) is 18.7 Å². The molecule has 2 rings (SSSR count). The van der Waals surface area contributed by atoms with Crippen LogP contribution in [0.25, 0.3) is 0 Å². The summed E-state index contributed by atoms with van der Waals surface area (Å²) in [6.45, 7) is 3.80. The van der Waals surface area contributed by atoms with Crippen LogP contribution in [-0.4, -0.2) is 14.5 Å². The van der Waals surface area contributed by atoms with E-state index in [4.69, 9.17) is 0 Å². The highest BCUT2D eigenvalue weighted by atomic mass is 79.9. The molecule has 1 N–H and O–H groups in total. The minimum atomic E-state index is -0.466. The van der Waals surface area contributed by atoms with Gasteiger partial charge in [0.15, 0.2) is 4.34 Å². The van der Waals surface area contributed by atoms with Crippen LogP contribution in [0, 0.1) is 0 Å². The van der Waals surface area contributed by atoms with Gasteiger partial charge in [-0.2, -0.15) is 4.37 Å². The lowest BCUT2D eigenvalue weighted by Gasteiger charge is -2.08. The fraction of sp³-hybridized carbons (Fsp3) is 0.333. The monoisotopic (exact) mass is 344 g/mol. The number of aryl methyl sites for hydroxylation is 1. The zero-order chi connectivity index (χ0) is 13.1. The van der Waals surface area contributed by atoms with Crippen molar-refractivity contribution in [3.63, 3.8) is 0 Å². The van der Waals surface area contributed by atoms with Crippen LogP contribution in [0.1, 0.15) is 31.3 Å². The van der Waals surface area contributed by atoms with E-state index in [1.807, 2.05) is 25.1 Å². The van der Waals surface area contributed by atoms with Gasteiger partial charge in [-0.15, -0.1) is 0 Å². The lowest BCUT2D eigenvalue weighted by molar-refractivity contribution is 0.198. The second-order valence-corrected chi connectivity index (χ2v) is 6.72. The molecule has 1 aromatic carbocycles. The van der Waals surface area contributed by atoms with Crippen LogP contribution in [0.15, 0.2) is 31.9 Å². The Bertz CT molecular complexity index is 543. The molecule has 0 amide bonds. The van der Waals surface area contributed by atoms with Crippen molar-refractivity contribution in [1.82, 2.24) is 9.36 Å². The first kappa shape index (κ1) is 14.0. The lowest BCUT2D eigenvalue weighted by Crippen LogP contribution is -1.92. The summed E-state index contributed by atoms with van der Waals surface area (Å²) in [6, 6.07) is 5.92. The number of halogens is 1. The highest BCUT2D eigenvalue weighted by molar-refractivity contribution is 9.10. The van der Waals surface area contributed by atoms with Crippen LogP contribution in [-0.2, 0) is 6.42 Å². The Balaban J connectivity index is 2.17. The molecule has 18 heavy (non-hydrogen) atoms. The Morgan fingerprint density at radius 2 is 2.28 bits per heavy atom. The van der Waals surface area contributed by atoms with Gasteiger partial charge in [0.1, 0.15) is 5.82 Å². The van der Waals surface area contributed by atoms with Crippen molar-refractivity contribution in [2.24, 2.45) is 0 Å². The summed E-state index contributed by atoms with van der Waals surface area (Å²) < 4.78 is 6.12. The number of rotatable bonds is 4. The molecule has 2 aromatic rings. The smallest absolute Gasteiger partial charge is 0.174 e. The highest BCUT2D eigenvalue weighted by Crippen LogP contribution is 2.33. The molecule has 0 aliphatic carbocycles. The van der Waals surface area contributed by atoms with Gasteiger partial charge in [-0.3, -0.25) is 0 Å². The third-order valence-corrected chi connectivity index (χ3v) is 4.86. The fourth-order valence-electron chi connectivity index (χ4n) is 1.43. The van der Waals surface area contributed by atoms with E-state index >= 15 is 0 Å². The van der Waals surface area contributed by atoms with E-state index in [-0.39, 0.29) is 0 Å². The molecule has 0 fully saturated rings. The standard InChI is InChI=1S/C12H13BrN2OS2/c1-3-11-14-12(18-15-11)17-8-4-5-9(7(2)16)10(13)6-8/h4-7,16H,3H2,1-2H3/t7-/m1/s1. The third-order valence-electron chi connectivity index (χ3n) is 2.39. The van der Waals surface area contributed by atoms with Gasteiger partial charge in [-0.25, -0.2) is 4.98 Å². The van der Waals surface area contributed by atoms with Crippen molar-refractivity contribution in [3.05, 3.63) is 34.1 Å². The Morgan fingerprint density at radius 1 is 1.50 bits per heavy atom. The minimum Gasteiger partial charge on any atom is -0.389 e. The van der Waals surface area contributed by atoms with E-state index in [1.165, 1.54) is 11.5 Å². The van der Waals surface area contributed by atoms with Crippen molar-refractivity contribution < 1.29 is 5.11 Å². The van der Waals surface area contributed by atoms with Crippen molar-refractivity contribution >= 4 is 39.2 Å². The van der Waals surface area contributed by atoms with Crippen LogP contribution in [0.4, 0.5) is 0 Å². The molecule has 0 saturated heterocycles. The average molecular weight is 345 g/mol. The molecule has 0 radical (unpaired) electrons. The average Bonchev–Trinajstić information content (AvgIpc) is 2.76. The molecule has 0 unspecified atom stereocenters.